The van der Waals surface area contributed by atoms with Crippen molar-refractivity contribution < 1.29 is 4.39 Å². The maximum absolute atomic E-state index is 13.1. The number of imidazole rings is 1. The molecule has 0 atom stereocenters. The van der Waals surface area contributed by atoms with E-state index < -0.39 is 6.67 Å². The van der Waals surface area contributed by atoms with Gasteiger partial charge in [-0.2, -0.15) is 0 Å². The number of nitrogens with one attached hydrogen (secondary N) is 1. The van der Waals surface area contributed by atoms with Gasteiger partial charge in [-0.25, -0.2) is 23.9 Å². The summed E-state index contributed by atoms with van der Waals surface area (Å²) >= 11 is 0. The van der Waals surface area contributed by atoms with Gasteiger partial charge < -0.3 is 14.8 Å². The Morgan fingerprint density at radius 2 is 1.83 bits per heavy atom. The van der Waals surface area contributed by atoms with Crippen molar-refractivity contribution in [3.63, 3.8) is 0 Å². The van der Waals surface area contributed by atoms with Gasteiger partial charge in [-0.3, -0.25) is 4.90 Å². The van der Waals surface area contributed by atoms with Gasteiger partial charge in [0.05, 0.1) is 24.0 Å². The van der Waals surface area contributed by atoms with Crippen molar-refractivity contribution in [2.75, 3.05) is 45.2 Å². The number of piperazine rings is 1. The first-order valence-corrected chi connectivity index (χ1v) is 13.0. The minimum atomic E-state index is -0.450. The Balaban J connectivity index is 1.15. The molecule has 36 heavy (non-hydrogen) atoms. The second kappa shape index (κ2) is 9.74. The van der Waals surface area contributed by atoms with Gasteiger partial charge in [0.25, 0.3) is 0 Å². The molecule has 4 aromatic heterocycles. The molecular formula is C26H34FN9. The van der Waals surface area contributed by atoms with Crippen molar-refractivity contribution in [3.05, 3.63) is 36.4 Å². The van der Waals surface area contributed by atoms with E-state index in [1.165, 1.54) is 39.0 Å². The molecule has 1 aliphatic heterocycles. The number of aryl methyl sites for hydroxylation is 2. The SMILES string of the molecule is Cc1nc2ccc(-c3ccn4nc(N[C@H]5CC[C@H](N6CCN(C)CC6)CC5)ncc34)nc2n1CCF. The van der Waals surface area contributed by atoms with Crippen LogP contribution in [0.5, 0.6) is 0 Å². The Labute approximate surface area is 210 Å². The third-order valence-corrected chi connectivity index (χ3v) is 7.87. The van der Waals surface area contributed by atoms with Crippen LogP contribution in [0.1, 0.15) is 31.5 Å². The number of pyridine rings is 1. The zero-order valence-corrected chi connectivity index (χ0v) is 21.1. The number of likely N-dealkylation sites (N-methyl/N-ethyl adjacent to an activating group) is 1. The fraction of sp³-hybridized carbons (Fsp3) is 0.538. The predicted molar refractivity (Wildman–Crippen MR) is 139 cm³/mol. The van der Waals surface area contributed by atoms with Crippen LogP contribution in [0.15, 0.2) is 30.6 Å². The number of hydrogen-bond acceptors (Lipinski definition) is 7. The smallest absolute Gasteiger partial charge is 0.241 e. The highest BCUT2D eigenvalue weighted by Crippen LogP contribution is 2.28. The Morgan fingerprint density at radius 1 is 1.03 bits per heavy atom. The summed E-state index contributed by atoms with van der Waals surface area (Å²) in [5.74, 6) is 1.43. The lowest BCUT2D eigenvalue weighted by atomic mass is 9.90. The standard InChI is InChI=1S/C26H34FN9/c1-18-29-23-8-7-22(31-25(23)35(18)12-10-27)21-9-11-36-24(21)17-28-26(32-36)30-19-3-5-20(6-4-19)34-15-13-33(2)14-16-34/h7-9,11,17,19-20H,3-6,10,12-16H2,1-2H3,(H,30,32)/t19-,20-. The molecule has 9 nitrogen and oxygen atoms in total. The number of fused-ring (bicyclic) bond motifs is 2. The van der Waals surface area contributed by atoms with Gasteiger partial charge in [-0.15, -0.1) is 5.10 Å². The molecule has 5 heterocycles. The first-order chi connectivity index (χ1) is 17.6. The quantitative estimate of drug-likeness (QED) is 0.443. The molecule has 2 aliphatic rings. The Hall–Kier alpha value is -3.11. The number of nitrogens with zero attached hydrogens (tertiary/aromatic N) is 8. The Kier molecular flexibility index (Phi) is 6.30. The van der Waals surface area contributed by atoms with E-state index in [1.54, 1.807) is 0 Å². The molecule has 0 bridgehead atoms. The molecule has 0 radical (unpaired) electrons. The lowest BCUT2D eigenvalue weighted by Gasteiger charge is -2.41. The molecule has 1 N–H and O–H groups in total. The number of anilines is 1. The number of halogens is 1. The van der Waals surface area contributed by atoms with Crippen molar-refractivity contribution in [1.29, 1.82) is 0 Å². The van der Waals surface area contributed by atoms with Gasteiger partial charge in [-0.1, -0.05) is 0 Å². The van der Waals surface area contributed by atoms with Crippen LogP contribution < -0.4 is 5.32 Å². The number of hydrogen-bond donors (Lipinski definition) is 1. The summed E-state index contributed by atoms with van der Waals surface area (Å²) in [5, 5.41) is 8.30. The molecule has 0 spiro atoms. The van der Waals surface area contributed by atoms with Crippen LogP contribution in [0.25, 0.3) is 27.9 Å². The molecule has 6 rings (SSSR count). The van der Waals surface area contributed by atoms with E-state index in [4.69, 9.17) is 10.1 Å². The third kappa shape index (κ3) is 4.43. The lowest BCUT2D eigenvalue weighted by Crippen LogP contribution is -2.50. The first kappa shape index (κ1) is 23.3. The zero-order valence-electron chi connectivity index (χ0n) is 21.1. The second-order valence-electron chi connectivity index (χ2n) is 10.2. The van der Waals surface area contributed by atoms with Crippen molar-refractivity contribution >= 4 is 22.6 Å². The molecule has 2 fully saturated rings. The molecule has 1 saturated carbocycles. The summed E-state index contributed by atoms with van der Waals surface area (Å²) in [4.78, 5) is 19.1. The minimum Gasteiger partial charge on any atom is -0.350 e. The molecule has 1 aliphatic carbocycles. The van der Waals surface area contributed by atoms with Gasteiger partial charge in [0, 0.05) is 50.0 Å². The highest BCUT2D eigenvalue weighted by molar-refractivity contribution is 5.82. The minimum absolute atomic E-state index is 0.255. The normalized spacial score (nSPS) is 22.0. The maximum Gasteiger partial charge on any atom is 0.241 e. The summed E-state index contributed by atoms with van der Waals surface area (Å²) in [6.07, 6.45) is 8.54. The van der Waals surface area contributed by atoms with E-state index in [1.807, 2.05) is 46.6 Å². The highest BCUT2D eigenvalue weighted by Gasteiger charge is 2.28. The molecule has 190 valence electrons. The monoisotopic (exact) mass is 491 g/mol. The third-order valence-electron chi connectivity index (χ3n) is 7.87. The summed E-state index contributed by atoms with van der Waals surface area (Å²) in [6, 6.07) is 7.02. The van der Waals surface area contributed by atoms with Crippen LogP contribution in [0.3, 0.4) is 0 Å². The van der Waals surface area contributed by atoms with Crippen molar-refractivity contribution in [2.45, 2.75) is 51.2 Å². The topological polar surface area (TPSA) is 79.4 Å². The van der Waals surface area contributed by atoms with Crippen LogP contribution in [0.2, 0.25) is 0 Å². The van der Waals surface area contributed by atoms with Gasteiger partial charge >= 0.3 is 0 Å². The highest BCUT2D eigenvalue weighted by atomic mass is 19.1. The van der Waals surface area contributed by atoms with Crippen molar-refractivity contribution in [1.82, 2.24) is 38.9 Å². The average molecular weight is 492 g/mol. The van der Waals surface area contributed by atoms with E-state index in [2.05, 4.69) is 32.1 Å². The zero-order chi connectivity index (χ0) is 24.6. The van der Waals surface area contributed by atoms with Crippen LogP contribution in [0, 0.1) is 6.92 Å². The van der Waals surface area contributed by atoms with E-state index in [-0.39, 0.29) is 6.54 Å². The fourth-order valence-corrected chi connectivity index (χ4v) is 5.76. The summed E-state index contributed by atoms with van der Waals surface area (Å²) < 4.78 is 16.7. The molecular weight excluding hydrogens is 457 g/mol. The molecule has 10 heteroatoms. The lowest BCUT2D eigenvalue weighted by molar-refractivity contribution is 0.0893. The van der Waals surface area contributed by atoms with Crippen LogP contribution in [-0.2, 0) is 6.54 Å². The maximum atomic E-state index is 13.1. The van der Waals surface area contributed by atoms with Gasteiger partial charge in [0.2, 0.25) is 5.95 Å². The number of alkyl halides is 1. The molecule has 0 unspecified atom stereocenters. The summed E-state index contributed by atoms with van der Waals surface area (Å²) in [5.41, 5.74) is 4.12. The average Bonchev–Trinajstić information content (AvgIpc) is 3.45. The number of aromatic nitrogens is 6. The van der Waals surface area contributed by atoms with Crippen LogP contribution in [0.4, 0.5) is 10.3 Å². The first-order valence-electron chi connectivity index (χ1n) is 13.0. The van der Waals surface area contributed by atoms with Gasteiger partial charge in [0.1, 0.15) is 18.0 Å². The molecule has 0 amide bonds. The summed E-state index contributed by atoms with van der Waals surface area (Å²) in [7, 11) is 2.21. The van der Waals surface area contributed by atoms with Crippen LogP contribution >= 0.6 is 0 Å². The fourth-order valence-electron chi connectivity index (χ4n) is 5.76. The molecule has 1 saturated heterocycles. The van der Waals surface area contributed by atoms with E-state index in [0.29, 0.717) is 23.7 Å². The van der Waals surface area contributed by atoms with E-state index in [9.17, 15) is 4.39 Å². The predicted octanol–water partition coefficient (Wildman–Crippen LogP) is 3.39. The largest absolute Gasteiger partial charge is 0.350 e. The molecule has 4 aromatic rings. The number of rotatable bonds is 6. The van der Waals surface area contributed by atoms with Crippen molar-refractivity contribution in [3.8, 4) is 11.3 Å². The van der Waals surface area contributed by atoms with E-state index in [0.717, 1.165) is 41.0 Å². The van der Waals surface area contributed by atoms with Crippen LogP contribution in [-0.4, -0.2) is 90.9 Å². The Bertz CT molecular complexity index is 1350. The van der Waals surface area contributed by atoms with Crippen molar-refractivity contribution in [2.24, 2.45) is 0 Å². The Morgan fingerprint density at radius 3 is 2.61 bits per heavy atom. The van der Waals surface area contributed by atoms with Gasteiger partial charge in [0.15, 0.2) is 5.65 Å². The summed E-state index contributed by atoms with van der Waals surface area (Å²) in [6.45, 7) is 6.42. The van der Waals surface area contributed by atoms with E-state index >= 15 is 0 Å². The molecule has 0 aromatic carbocycles. The van der Waals surface area contributed by atoms with Gasteiger partial charge in [-0.05, 0) is 57.9 Å². The second-order valence-corrected chi connectivity index (χ2v) is 10.2.